The molecule has 5 aromatic rings. The molecule has 1 aliphatic rings. The Kier molecular flexibility index (Phi) is 4.44. The first kappa shape index (κ1) is 19.6. The van der Waals surface area contributed by atoms with Crippen molar-refractivity contribution < 1.29 is 0 Å². The van der Waals surface area contributed by atoms with Crippen molar-refractivity contribution in [3.63, 3.8) is 0 Å². The molecule has 1 heterocycles. The molecule has 0 atom stereocenters. The summed E-state index contributed by atoms with van der Waals surface area (Å²) in [6.45, 7) is 4.57. The maximum absolute atomic E-state index is 4.85. The van der Waals surface area contributed by atoms with Crippen LogP contribution < -0.4 is 0 Å². The summed E-state index contributed by atoms with van der Waals surface area (Å²) in [6, 6.07) is 34.0. The summed E-state index contributed by atoms with van der Waals surface area (Å²) in [5.41, 5.74) is 9.55. The lowest BCUT2D eigenvalue weighted by Gasteiger charge is -2.21. The van der Waals surface area contributed by atoms with E-state index in [2.05, 4.69) is 109 Å². The average Bonchev–Trinajstić information content (AvgIpc) is 3.11. The van der Waals surface area contributed by atoms with Crippen molar-refractivity contribution in [2.75, 3.05) is 0 Å². The van der Waals surface area contributed by atoms with Gasteiger partial charge in [-0.05, 0) is 45.5 Å². The molecule has 3 heteroatoms. The lowest BCUT2D eigenvalue weighted by molar-refractivity contribution is 0.660. The van der Waals surface area contributed by atoms with Crippen molar-refractivity contribution in [1.82, 2.24) is 15.0 Å². The van der Waals surface area contributed by atoms with E-state index in [1.165, 1.54) is 27.8 Å². The van der Waals surface area contributed by atoms with Crippen LogP contribution >= 0.6 is 0 Å². The van der Waals surface area contributed by atoms with Gasteiger partial charge >= 0.3 is 0 Å². The zero-order chi connectivity index (χ0) is 22.4. The summed E-state index contributed by atoms with van der Waals surface area (Å²) >= 11 is 0. The Labute approximate surface area is 193 Å². The first-order chi connectivity index (χ1) is 16.1. The Morgan fingerprint density at radius 1 is 0.515 bits per heavy atom. The Bertz CT molecular complexity index is 1490. The molecular formula is C30H23N3. The van der Waals surface area contributed by atoms with Crippen molar-refractivity contribution in [3.8, 4) is 45.0 Å². The second kappa shape index (κ2) is 7.49. The molecule has 0 fully saturated rings. The highest BCUT2D eigenvalue weighted by molar-refractivity contribution is 5.83. The molecule has 0 bridgehead atoms. The molecule has 1 aliphatic carbocycles. The highest BCUT2D eigenvalue weighted by Crippen LogP contribution is 2.49. The topological polar surface area (TPSA) is 38.7 Å². The van der Waals surface area contributed by atoms with Crippen LogP contribution in [0.4, 0.5) is 0 Å². The minimum atomic E-state index is -0.0538. The van der Waals surface area contributed by atoms with E-state index in [0.29, 0.717) is 11.6 Å². The minimum absolute atomic E-state index is 0.0538. The second-order valence-corrected chi connectivity index (χ2v) is 9.01. The van der Waals surface area contributed by atoms with E-state index >= 15 is 0 Å². The molecule has 0 N–H and O–H groups in total. The molecule has 0 aliphatic heterocycles. The maximum atomic E-state index is 4.85. The molecule has 0 saturated heterocycles. The zero-order valence-electron chi connectivity index (χ0n) is 18.7. The number of benzene rings is 4. The summed E-state index contributed by atoms with van der Waals surface area (Å²) in [6.07, 6.45) is 1.61. The van der Waals surface area contributed by atoms with Crippen LogP contribution in [0.2, 0.25) is 0 Å². The minimum Gasteiger partial charge on any atom is -0.217 e. The predicted octanol–water partition coefficient (Wildman–Crippen LogP) is 7.18. The fraction of sp³-hybridized carbons (Fsp3) is 0.100. The molecule has 0 spiro atoms. The van der Waals surface area contributed by atoms with E-state index in [0.717, 1.165) is 16.7 Å². The molecule has 0 radical (unpaired) electrons. The Morgan fingerprint density at radius 2 is 1.15 bits per heavy atom. The van der Waals surface area contributed by atoms with Gasteiger partial charge in [0.05, 0.1) is 0 Å². The van der Waals surface area contributed by atoms with Gasteiger partial charge in [0.2, 0.25) is 0 Å². The van der Waals surface area contributed by atoms with Gasteiger partial charge in [0.25, 0.3) is 0 Å². The standard InChI is InChI=1S/C30H23N3/c1-30(2)26-14-7-6-13-24(26)25-16-15-23(18-27(25)30)29-32-19-31-28(33-29)22-12-8-11-21(17-22)20-9-4-3-5-10-20/h3-19H,1-2H3. The maximum Gasteiger partial charge on any atom is 0.163 e. The quantitative estimate of drug-likeness (QED) is 0.307. The molecular weight excluding hydrogens is 402 g/mol. The molecule has 6 rings (SSSR count). The number of nitrogens with zero attached hydrogens (tertiary/aromatic N) is 3. The van der Waals surface area contributed by atoms with Crippen LogP contribution in [0, 0.1) is 0 Å². The fourth-order valence-corrected chi connectivity index (χ4v) is 4.89. The molecule has 0 saturated carbocycles. The van der Waals surface area contributed by atoms with Crippen LogP contribution in [-0.2, 0) is 5.41 Å². The molecule has 4 aromatic carbocycles. The number of rotatable bonds is 3. The van der Waals surface area contributed by atoms with Crippen LogP contribution in [0.5, 0.6) is 0 Å². The highest BCUT2D eigenvalue weighted by Gasteiger charge is 2.35. The van der Waals surface area contributed by atoms with E-state index in [-0.39, 0.29) is 5.41 Å². The fourth-order valence-electron chi connectivity index (χ4n) is 4.89. The van der Waals surface area contributed by atoms with Crippen molar-refractivity contribution in [3.05, 3.63) is 115 Å². The second-order valence-electron chi connectivity index (χ2n) is 9.01. The van der Waals surface area contributed by atoms with Crippen LogP contribution in [0.1, 0.15) is 25.0 Å². The van der Waals surface area contributed by atoms with Gasteiger partial charge in [-0.2, -0.15) is 0 Å². The molecule has 0 unspecified atom stereocenters. The van der Waals surface area contributed by atoms with Gasteiger partial charge in [0, 0.05) is 16.5 Å². The largest absolute Gasteiger partial charge is 0.217 e. The lowest BCUT2D eigenvalue weighted by atomic mass is 9.82. The monoisotopic (exact) mass is 425 g/mol. The highest BCUT2D eigenvalue weighted by atomic mass is 15.0. The van der Waals surface area contributed by atoms with Gasteiger partial charge in [0.1, 0.15) is 6.33 Å². The number of hydrogen-bond donors (Lipinski definition) is 0. The van der Waals surface area contributed by atoms with Gasteiger partial charge in [-0.25, -0.2) is 15.0 Å². The van der Waals surface area contributed by atoms with E-state index < -0.39 is 0 Å². The van der Waals surface area contributed by atoms with Crippen LogP contribution in [0.25, 0.3) is 45.0 Å². The van der Waals surface area contributed by atoms with Crippen molar-refractivity contribution in [2.24, 2.45) is 0 Å². The van der Waals surface area contributed by atoms with Gasteiger partial charge in [-0.1, -0.05) is 98.8 Å². The van der Waals surface area contributed by atoms with Gasteiger partial charge in [0.15, 0.2) is 11.6 Å². The van der Waals surface area contributed by atoms with E-state index in [9.17, 15) is 0 Å². The zero-order valence-corrected chi connectivity index (χ0v) is 18.7. The first-order valence-corrected chi connectivity index (χ1v) is 11.2. The molecule has 1 aromatic heterocycles. The van der Waals surface area contributed by atoms with Crippen LogP contribution in [-0.4, -0.2) is 15.0 Å². The number of aromatic nitrogens is 3. The smallest absolute Gasteiger partial charge is 0.163 e. The Hall–Kier alpha value is -4.11. The lowest BCUT2D eigenvalue weighted by Crippen LogP contribution is -2.15. The Morgan fingerprint density at radius 3 is 1.97 bits per heavy atom. The normalized spacial score (nSPS) is 13.4. The molecule has 33 heavy (non-hydrogen) atoms. The van der Waals surface area contributed by atoms with E-state index in [1.54, 1.807) is 6.33 Å². The third kappa shape index (κ3) is 3.25. The van der Waals surface area contributed by atoms with Gasteiger partial charge in [-0.15, -0.1) is 0 Å². The molecule has 0 amide bonds. The summed E-state index contributed by atoms with van der Waals surface area (Å²) in [5.74, 6) is 1.38. The van der Waals surface area contributed by atoms with E-state index in [4.69, 9.17) is 4.98 Å². The Balaban J connectivity index is 1.40. The summed E-state index contributed by atoms with van der Waals surface area (Å²) in [7, 11) is 0. The van der Waals surface area contributed by atoms with Crippen molar-refractivity contribution in [1.29, 1.82) is 0 Å². The van der Waals surface area contributed by atoms with Crippen LogP contribution in [0.15, 0.2) is 103 Å². The first-order valence-electron chi connectivity index (χ1n) is 11.2. The SMILES string of the molecule is CC1(C)c2ccccc2-c2ccc(-c3ncnc(-c4cccc(-c5ccccc5)c4)n3)cc21. The summed E-state index contributed by atoms with van der Waals surface area (Å²) in [4.78, 5) is 13.8. The predicted molar refractivity (Wildman–Crippen MR) is 134 cm³/mol. The molecule has 3 nitrogen and oxygen atoms in total. The number of fused-ring (bicyclic) bond motifs is 3. The average molecular weight is 426 g/mol. The molecule has 158 valence electrons. The van der Waals surface area contributed by atoms with Crippen LogP contribution in [0.3, 0.4) is 0 Å². The van der Waals surface area contributed by atoms with Gasteiger partial charge < -0.3 is 0 Å². The number of hydrogen-bond acceptors (Lipinski definition) is 3. The summed E-state index contributed by atoms with van der Waals surface area (Å²) < 4.78 is 0. The third-order valence-electron chi connectivity index (χ3n) is 6.64. The van der Waals surface area contributed by atoms with Crippen molar-refractivity contribution in [2.45, 2.75) is 19.3 Å². The van der Waals surface area contributed by atoms with Gasteiger partial charge in [-0.3, -0.25) is 0 Å². The summed E-state index contributed by atoms with van der Waals surface area (Å²) in [5, 5.41) is 0. The van der Waals surface area contributed by atoms with E-state index in [1.807, 2.05) is 12.1 Å². The third-order valence-corrected chi connectivity index (χ3v) is 6.64. The van der Waals surface area contributed by atoms with Crippen molar-refractivity contribution >= 4 is 0 Å².